The standard InChI is InChI=1S/C14H24N4O/c1-12-5-3-7-17(10-12)14(19)9-15-13(2)11-18-8-4-6-16-18/h4,6,8,12-13,15H,3,5,7,9-11H2,1-2H3/t12-,13-/m1/s1. The molecule has 1 aliphatic heterocycles. The third kappa shape index (κ3) is 4.35. The minimum absolute atomic E-state index is 0.221. The summed E-state index contributed by atoms with van der Waals surface area (Å²) < 4.78 is 1.88. The summed E-state index contributed by atoms with van der Waals surface area (Å²) in [7, 11) is 0. The van der Waals surface area contributed by atoms with Crippen molar-refractivity contribution >= 4 is 5.91 Å². The number of nitrogens with zero attached hydrogens (tertiary/aromatic N) is 3. The van der Waals surface area contributed by atoms with Gasteiger partial charge in [0.2, 0.25) is 5.91 Å². The second-order valence-corrected chi connectivity index (χ2v) is 5.60. The molecule has 106 valence electrons. The molecule has 2 rings (SSSR count). The fourth-order valence-electron chi connectivity index (χ4n) is 2.54. The van der Waals surface area contributed by atoms with Gasteiger partial charge in [-0.05, 0) is 31.7 Å². The van der Waals surface area contributed by atoms with Crippen LogP contribution in [0.4, 0.5) is 0 Å². The van der Waals surface area contributed by atoms with Crippen molar-refractivity contribution in [3.05, 3.63) is 18.5 Å². The number of hydrogen-bond donors (Lipinski definition) is 1. The van der Waals surface area contributed by atoms with Crippen LogP contribution in [0.5, 0.6) is 0 Å². The number of rotatable bonds is 5. The highest BCUT2D eigenvalue weighted by atomic mass is 16.2. The Morgan fingerprint density at radius 3 is 3.11 bits per heavy atom. The van der Waals surface area contributed by atoms with Crippen LogP contribution in [0, 0.1) is 5.92 Å². The van der Waals surface area contributed by atoms with E-state index in [0.717, 1.165) is 26.1 Å². The average Bonchev–Trinajstić information content (AvgIpc) is 2.88. The summed E-state index contributed by atoms with van der Waals surface area (Å²) in [6, 6.07) is 2.15. The van der Waals surface area contributed by atoms with Gasteiger partial charge in [-0.3, -0.25) is 9.48 Å². The Balaban J connectivity index is 1.70. The van der Waals surface area contributed by atoms with Crippen LogP contribution in [0.15, 0.2) is 18.5 Å². The van der Waals surface area contributed by atoms with E-state index in [0.29, 0.717) is 12.5 Å². The Bertz CT molecular complexity index is 390. The number of aromatic nitrogens is 2. The molecule has 0 aliphatic carbocycles. The van der Waals surface area contributed by atoms with Gasteiger partial charge >= 0.3 is 0 Å². The summed E-state index contributed by atoms with van der Waals surface area (Å²) in [5, 5.41) is 7.45. The Kier molecular flexibility index (Phi) is 4.96. The van der Waals surface area contributed by atoms with Crippen LogP contribution in [-0.4, -0.2) is 46.3 Å². The molecule has 5 heteroatoms. The predicted molar refractivity (Wildman–Crippen MR) is 74.7 cm³/mol. The number of carbonyl (C=O) groups is 1. The fourth-order valence-corrected chi connectivity index (χ4v) is 2.54. The first kappa shape index (κ1) is 14.1. The predicted octanol–water partition coefficient (Wildman–Crippen LogP) is 1.12. The van der Waals surface area contributed by atoms with E-state index in [9.17, 15) is 4.79 Å². The summed E-state index contributed by atoms with van der Waals surface area (Å²) in [5.41, 5.74) is 0. The number of carbonyl (C=O) groups excluding carboxylic acids is 1. The van der Waals surface area contributed by atoms with E-state index in [1.807, 2.05) is 21.8 Å². The Hall–Kier alpha value is -1.36. The number of amides is 1. The molecule has 0 saturated carbocycles. The monoisotopic (exact) mass is 264 g/mol. The van der Waals surface area contributed by atoms with Gasteiger partial charge in [-0.1, -0.05) is 6.92 Å². The van der Waals surface area contributed by atoms with Crippen LogP contribution in [0.3, 0.4) is 0 Å². The maximum Gasteiger partial charge on any atom is 0.236 e. The molecule has 1 aromatic rings. The Morgan fingerprint density at radius 2 is 2.42 bits per heavy atom. The second-order valence-electron chi connectivity index (χ2n) is 5.60. The van der Waals surface area contributed by atoms with Crippen molar-refractivity contribution in [2.24, 2.45) is 5.92 Å². The second kappa shape index (κ2) is 6.70. The Labute approximate surface area is 115 Å². The van der Waals surface area contributed by atoms with Crippen molar-refractivity contribution in [3.63, 3.8) is 0 Å². The van der Waals surface area contributed by atoms with Crippen LogP contribution >= 0.6 is 0 Å². The van der Waals surface area contributed by atoms with Gasteiger partial charge in [0.15, 0.2) is 0 Å². The summed E-state index contributed by atoms with van der Waals surface area (Å²) in [6.45, 7) is 7.33. The minimum atomic E-state index is 0.221. The highest BCUT2D eigenvalue weighted by Crippen LogP contribution is 2.15. The van der Waals surface area contributed by atoms with E-state index < -0.39 is 0 Å². The number of nitrogens with one attached hydrogen (secondary N) is 1. The van der Waals surface area contributed by atoms with Crippen LogP contribution in [0.2, 0.25) is 0 Å². The molecule has 1 N–H and O–H groups in total. The first-order chi connectivity index (χ1) is 9.15. The molecule has 1 aliphatic rings. The van der Waals surface area contributed by atoms with Gasteiger partial charge in [-0.15, -0.1) is 0 Å². The quantitative estimate of drug-likeness (QED) is 0.867. The molecular weight excluding hydrogens is 240 g/mol. The lowest BCUT2D eigenvalue weighted by atomic mass is 10.0. The van der Waals surface area contributed by atoms with Crippen molar-refractivity contribution in [2.45, 2.75) is 39.3 Å². The lowest BCUT2D eigenvalue weighted by Gasteiger charge is -2.31. The van der Waals surface area contributed by atoms with Crippen LogP contribution < -0.4 is 5.32 Å². The number of likely N-dealkylation sites (tertiary alicyclic amines) is 1. The van der Waals surface area contributed by atoms with E-state index >= 15 is 0 Å². The topological polar surface area (TPSA) is 50.2 Å². The maximum atomic E-state index is 12.1. The normalized spacial score (nSPS) is 21.4. The zero-order valence-electron chi connectivity index (χ0n) is 11.9. The maximum absolute atomic E-state index is 12.1. The number of hydrogen-bond acceptors (Lipinski definition) is 3. The molecule has 5 nitrogen and oxygen atoms in total. The molecule has 2 atom stereocenters. The van der Waals surface area contributed by atoms with Gasteiger partial charge in [0.25, 0.3) is 0 Å². The lowest BCUT2D eigenvalue weighted by molar-refractivity contribution is -0.132. The van der Waals surface area contributed by atoms with E-state index in [1.165, 1.54) is 6.42 Å². The van der Waals surface area contributed by atoms with Crippen LogP contribution in [0.1, 0.15) is 26.7 Å². The minimum Gasteiger partial charge on any atom is -0.341 e. The van der Waals surface area contributed by atoms with Gasteiger partial charge in [0, 0.05) is 31.5 Å². The van der Waals surface area contributed by atoms with Gasteiger partial charge in [-0.2, -0.15) is 5.10 Å². The molecule has 0 spiro atoms. The summed E-state index contributed by atoms with van der Waals surface area (Å²) >= 11 is 0. The summed E-state index contributed by atoms with van der Waals surface area (Å²) in [4.78, 5) is 14.1. The third-order valence-corrected chi connectivity index (χ3v) is 3.63. The lowest BCUT2D eigenvalue weighted by Crippen LogP contribution is -2.45. The van der Waals surface area contributed by atoms with E-state index in [2.05, 4.69) is 24.3 Å². The van der Waals surface area contributed by atoms with Crippen molar-refractivity contribution in [1.29, 1.82) is 0 Å². The van der Waals surface area contributed by atoms with Crippen molar-refractivity contribution in [2.75, 3.05) is 19.6 Å². The van der Waals surface area contributed by atoms with Gasteiger partial charge in [0.05, 0.1) is 13.1 Å². The molecule has 0 unspecified atom stereocenters. The zero-order chi connectivity index (χ0) is 13.7. The third-order valence-electron chi connectivity index (χ3n) is 3.63. The smallest absolute Gasteiger partial charge is 0.236 e. The molecule has 2 heterocycles. The first-order valence-electron chi connectivity index (χ1n) is 7.13. The highest BCUT2D eigenvalue weighted by Gasteiger charge is 2.20. The first-order valence-corrected chi connectivity index (χ1v) is 7.13. The number of piperidine rings is 1. The molecule has 1 fully saturated rings. The van der Waals surface area contributed by atoms with Crippen molar-refractivity contribution < 1.29 is 4.79 Å². The summed E-state index contributed by atoms with van der Waals surface area (Å²) in [6.07, 6.45) is 6.09. The van der Waals surface area contributed by atoms with E-state index in [-0.39, 0.29) is 11.9 Å². The van der Waals surface area contributed by atoms with Crippen molar-refractivity contribution in [1.82, 2.24) is 20.0 Å². The molecule has 0 bridgehead atoms. The summed E-state index contributed by atoms with van der Waals surface area (Å²) in [5.74, 6) is 0.859. The average molecular weight is 264 g/mol. The van der Waals surface area contributed by atoms with Crippen molar-refractivity contribution in [3.8, 4) is 0 Å². The SMILES string of the molecule is C[C@@H]1CCCN(C(=O)CN[C@H](C)Cn2cccn2)C1. The largest absolute Gasteiger partial charge is 0.341 e. The van der Waals surface area contributed by atoms with E-state index in [1.54, 1.807) is 6.20 Å². The fraction of sp³-hybridized carbons (Fsp3) is 0.714. The molecular formula is C14H24N4O. The van der Waals surface area contributed by atoms with Gasteiger partial charge in [0.1, 0.15) is 0 Å². The highest BCUT2D eigenvalue weighted by molar-refractivity contribution is 5.78. The molecule has 1 aromatic heterocycles. The molecule has 1 saturated heterocycles. The molecule has 0 radical (unpaired) electrons. The molecule has 0 aromatic carbocycles. The molecule has 19 heavy (non-hydrogen) atoms. The zero-order valence-corrected chi connectivity index (χ0v) is 11.9. The van der Waals surface area contributed by atoms with Crippen LogP contribution in [0.25, 0.3) is 0 Å². The van der Waals surface area contributed by atoms with Crippen LogP contribution in [-0.2, 0) is 11.3 Å². The molecule has 1 amide bonds. The van der Waals surface area contributed by atoms with E-state index in [4.69, 9.17) is 0 Å². The Morgan fingerprint density at radius 1 is 1.58 bits per heavy atom. The van der Waals surface area contributed by atoms with Gasteiger partial charge in [-0.25, -0.2) is 0 Å². The van der Waals surface area contributed by atoms with Gasteiger partial charge < -0.3 is 10.2 Å².